The summed E-state index contributed by atoms with van der Waals surface area (Å²) in [5.41, 5.74) is 5.88. The zero-order valence-corrected chi connectivity index (χ0v) is 24.5. The van der Waals surface area contributed by atoms with Crippen LogP contribution in [0.25, 0.3) is 0 Å². The molecule has 0 radical (unpaired) electrons. The van der Waals surface area contributed by atoms with Gasteiger partial charge in [-0.15, -0.1) is 0 Å². The monoisotopic (exact) mass is 574 g/mol. The molecule has 1 heterocycles. The summed E-state index contributed by atoms with van der Waals surface area (Å²) in [5.74, 6) is 3.29. The summed E-state index contributed by atoms with van der Waals surface area (Å²) >= 11 is 0. The van der Waals surface area contributed by atoms with Crippen LogP contribution in [-0.2, 0) is 19.7 Å². The minimum absolute atomic E-state index is 0.137. The standard InChI is InChI=1S/C33H42N4O5/c1-2-41-30-16-23(20-34-36-31(38)21-37-9-11-40-12-10-37)3-8-29(30)42-22-32(39)35-28-6-4-27(5-7-28)33-17-24-13-25(18-33)15-26(14-24)19-33/h3-8,16,20,24-26H,2,9-15,17-19,21-22H2,1H3,(H,35,39)(H,36,38)/b34-20+. The van der Waals surface area contributed by atoms with Crippen molar-refractivity contribution in [2.24, 2.45) is 22.9 Å². The summed E-state index contributed by atoms with van der Waals surface area (Å²) in [6.45, 7) is 5.23. The molecule has 2 aromatic rings. The van der Waals surface area contributed by atoms with Crippen molar-refractivity contribution in [3.63, 3.8) is 0 Å². The van der Waals surface area contributed by atoms with Gasteiger partial charge >= 0.3 is 0 Å². The Morgan fingerprint density at radius 3 is 2.31 bits per heavy atom. The van der Waals surface area contributed by atoms with Crippen molar-refractivity contribution in [1.82, 2.24) is 10.3 Å². The predicted octanol–water partition coefficient (Wildman–Crippen LogP) is 4.35. The van der Waals surface area contributed by atoms with Crippen molar-refractivity contribution >= 4 is 23.7 Å². The van der Waals surface area contributed by atoms with Gasteiger partial charge in [0.25, 0.3) is 11.8 Å². The zero-order valence-electron chi connectivity index (χ0n) is 24.5. The Labute approximate surface area is 248 Å². The van der Waals surface area contributed by atoms with E-state index < -0.39 is 0 Å². The van der Waals surface area contributed by atoms with Gasteiger partial charge in [-0.3, -0.25) is 14.5 Å². The predicted molar refractivity (Wildman–Crippen MR) is 161 cm³/mol. The lowest BCUT2D eigenvalue weighted by molar-refractivity contribution is -0.123. The molecule has 0 aromatic heterocycles. The molecule has 1 saturated heterocycles. The van der Waals surface area contributed by atoms with Crippen molar-refractivity contribution < 1.29 is 23.8 Å². The third-order valence-electron chi connectivity index (χ3n) is 9.32. The highest BCUT2D eigenvalue weighted by Gasteiger charge is 2.51. The van der Waals surface area contributed by atoms with Crippen LogP contribution in [0.3, 0.4) is 0 Å². The van der Waals surface area contributed by atoms with E-state index in [1.165, 1.54) is 44.1 Å². The maximum atomic E-state index is 12.7. The number of carbonyl (C=O) groups excluding carboxylic acids is 2. The van der Waals surface area contributed by atoms with E-state index in [4.69, 9.17) is 14.2 Å². The first-order chi connectivity index (χ1) is 20.5. The molecule has 2 N–H and O–H groups in total. The van der Waals surface area contributed by atoms with Gasteiger partial charge in [0.1, 0.15) is 0 Å². The Morgan fingerprint density at radius 2 is 1.64 bits per heavy atom. The van der Waals surface area contributed by atoms with Crippen molar-refractivity contribution in [3.8, 4) is 11.5 Å². The number of benzene rings is 2. The summed E-state index contributed by atoms with van der Waals surface area (Å²) < 4.78 is 16.9. The van der Waals surface area contributed by atoms with Crippen molar-refractivity contribution in [3.05, 3.63) is 53.6 Å². The van der Waals surface area contributed by atoms with Gasteiger partial charge in [0.05, 0.1) is 32.6 Å². The highest BCUT2D eigenvalue weighted by Crippen LogP contribution is 2.60. The molecule has 2 amide bonds. The van der Waals surface area contributed by atoms with E-state index in [2.05, 4.69) is 28.0 Å². The van der Waals surface area contributed by atoms with Gasteiger partial charge in [-0.05, 0) is 110 Å². The van der Waals surface area contributed by atoms with Crippen LogP contribution in [0.2, 0.25) is 0 Å². The zero-order chi connectivity index (χ0) is 28.9. The normalized spacial score (nSPS) is 26.7. The molecular formula is C33H42N4O5. The fourth-order valence-electron chi connectivity index (χ4n) is 7.88. The van der Waals surface area contributed by atoms with Gasteiger partial charge < -0.3 is 19.5 Å². The van der Waals surface area contributed by atoms with Crippen molar-refractivity contribution in [2.45, 2.75) is 50.9 Å². The Morgan fingerprint density at radius 1 is 0.952 bits per heavy atom. The van der Waals surface area contributed by atoms with E-state index in [0.29, 0.717) is 36.7 Å². The molecule has 224 valence electrons. The van der Waals surface area contributed by atoms with E-state index in [1.54, 1.807) is 24.4 Å². The average Bonchev–Trinajstić information content (AvgIpc) is 2.97. The second-order valence-corrected chi connectivity index (χ2v) is 12.4. The molecule has 0 spiro atoms. The Bertz CT molecular complexity index is 1250. The lowest BCUT2D eigenvalue weighted by atomic mass is 9.48. The van der Waals surface area contributed by atoms with Gasteiger partial charge in [-0.25, -0.2) is 5.43 Å². The van der Waals surface area contributed by atoms with Gasteiger partial charge in [0.15, 0.2) is 18.1 Å². The number of nitrogens with one attached hydrogen (secondary N) is 2. The molecule has 7 rings (SSSR count). The second kappa shape index (κ2) is 12.8. The third-order valence-corrected chi connectivity index (χ3v) is 9.32. The Balaban J connectivity index is 0.998. The Kier molecular flexibility index (Phi) is 8.76. The highest BCUT2D eigenvalue weighted by atomic mass is 16.5. The molecule has 5 aliphatic rings. The minimum atomic E-state index is -0.228. The first-order valence-electron chi connectivity index (χ1n) is 15.4. The summed E-state index contributed by atoms with van der Waals surface area (Å²) in [6.07, 6.45) is 9.84. The van der Waals surface area contributed by atoms with E-state index in [-0.39, 0.29) is 25.0 Å². The number of morpholine rings is 1. The first kappa shape index (κ1) is 28.7. The van der Waals surface area contributed by atoms with Crippen LogP contribution in [0.15, 0.2) is 47.6 Å². The molecule has 42 heavy (non-hydrogen) atoms. The van der Waals surface area contributed by atoms with Crippen molar-refractivity contribution in [1.29, 1.82) is 0 Å². The molecule has 9 heteroatoms. The van der Waals surface area contributed by atoms with Gasteiger partial charge in [0.2, 0.25) is 0 Å². The molecule has 4 aliphatic carbocycles. The summed E-state index contributed by atoms with van der Waals surface area (Å²) in [6, 6.07) is 13.8. The quantitative estimate of drug-likeness (QED) is 0.306. The average molecular weight is 575 g/mol. The van der Waals surface area contributed by atoms with Crippen LogP contribution >= 0.6 is 0 Å². The number of nitrogens with zero attached hydrogens (tertiary/aromatic N) is 2. The number of hydrogen-bond donors (Lipinski definition) is 2. The number of hydrazone groups is 1. The number of ether oxygens (including phenoxy) is 3. The lowest BCUT2D eigenvalue weighted by Crippen LogP contribution is -2.48. The van der Waals surface area contributed by atoms with Crippen LogP contribution in [0, 0.1) is 17.8 Å². The van der Waals surface area contributed by atoms with Crippen LogP contribution in [-0.4, -0.2) is 69.0 Å². The van der Waals surface area contributed by atoms with E-state index in [0.717, 1.165) is 42.1 Å². The van der Waals surface area contributed by atoms with Crippen molar-refractivity contribution in [2.75, 3.05) is 51.4 Å². The van der Waals surface area contributed by atoms with Gasteiger partial charge in [-0.1, -0.05) is 12.1 Å². The number of hydrogen-bond acceptors (Lipinski definition) is 7. The number of anilines is 1. The molecule has 4 saturated carbocycles. The maximum absolute atomic E-state index is 12.7. The summed E-state index contributed by atoms with van der Waals surface area (Å²) in [5, 5.41) is 7.04. The highest BCUT2D eigenvalue weighted by molar-refractivity contribution is 5.92. The largest absolute Gasteiger partial charge is 0.490 e. The molecule has 4 bridgehead atoms. The second-order valence-electron chi connectivity index (χ2n) is 12.4. The molecule has 0 unspecified atom stereocenters. The number of carbonyl (C=O) groups is 2. The first-order valence-corrected chi connectivity index (χ1v) is 15.4. The SMILES string of the molecule is CCOc1cc(/C=N/NC(=O)CN2CCOCC2)ccc1OCC(=O)Nc1ccc(C23CC4CC(CC(C4)C2)C3)cc1. The molecular weight excluding hydrogens is 532 g/mol. The number of rotatable bonds is 11. The summed E-state index contributed by atoms with van der Waals surface area (Å²) in [4.78, 5) is 26.9. The van der Waals surface area contributed by atoms with Crippen LogP contribution in [0.4, 0.5) is 5.69 Å². The van der Waals surface area contributed by atoms with E-state index in [1.807, 2.05) is 24.0 Å². The fourth-order valence-corrected chi connectivity index (χ4v) is 7.88. The van der Waals surface area contributed by atoms with Gasteiger partial charge in [0, 0.05) is 18.8 Å². The third kappa shape index (κ3) is 6.79. The number of amides is 2. The molecule has 1 aliphatic heterocycles. The van der Waals surface area contributed by atoms with Crippen LogP contribution in [0.5, 0.6) is 11.5 Å². The van der Waals surface area contributed by atoms with E-state index >= 15 is 0 Å². The fraction of sp³-hybridized carbons (Fsp3) is 0.545. The summed E-state index contributed by atoms with van der Waals surface area (Å²) in [7, 11) is 0. The minimum Gasteiger partial charge on any atom is -0.490 e. The van der Waals surface area contributed by atoms with E-state index in [9.17, 15) is 9.59 Å². The molecule has 5 fully saturated rings. The van der Waals surface area contributed by atoms with Crippen LogP contribution in [0.1, 0.15) is 56.6 Å². The van der Waals surface area contributed by atoms with Crippen LogP contribution < -0.4 is 20.2 Å². The molecule has 2 aromatic carbocycles. The smallest absolute Gasteiger partial charge is 0.262 e. The topological polar surface area (TPSA) is 101 Å². The maximum Gasteiger partial charge on any atom is 0.262 e. The molecule has 9 nitrogen and oxygen atoms in total. The lowest BCUT2D eigenvalue weighted by Gasteiger charge is -2.57. The van der Waals surface area contributed by atoms with Gasteiger partial charge in [-0.2, -0.15) is 5.10 Å². The Hall–Kier alpha value is -3.43. The molecule has 0 atom stereocenters.